The van der Waals surface area contributed by atoms with E-state index in [4.69, 9.17) is 18.9 Å². The molecule has 9 nitrogen and oxygen atoms in total. The van der Waals surface area contributed by atoms with Crippen molar-refractivity contribution in [3.8, 4) is 0 Å². The number of carbonyl (C=O) groups is 1. The minimum Gasteiger partial charge on any atom is -0.457 e. The summed E-state index contributed by atoms with van der Waals surface area (Å²) in [7, 11) is 0. The van der Waals surface area contributed by atoms with Gasteiger partial charge < -0.3 is 39.4 Å². The van der Waals surface area contributed by atoms with E-state index >= 15 is 0 Å². The van der Waals surface area contributed by atoms with E-state index in [-0.39, 0.29) is 19.2 Å². The molecule has 1 saturated heterocycles. The second-order valence-electron chi connectivity index (χ2n) is 21.9. The van der Waals surface area contributed by atoms with Gasteiger partial charge in [-0.2, -0.15) is 0 Å². The number of rotatable bonds is 56. The quantitative estimate of drug-likeness (QED) is 0.0267. The van der Waals surface area contributed by atoms with Gasteiger partial charge >= 0.3 is 5.97 Å². The van der Waals surface area contributed by atoms with Crippen molar-refractivity contribution in [1.82, 2.24) is 0 Å². The Kier molecular flexibility index (Phi) is 52.0. The third-order valence-corrected chi connectivity index (χ3v) is 14.9. The molecule has 0 spiro atoms. The van der Waals surface area contributed by atoms with Gasteiger partial charge in [0.2, 0.25) is 0 Å². The molecule has 4 N–H and O–H groups in total. The van der Waals surface area contributed by atoms with Crippen LogP contribution in [-0.2, 0) is 23.7 Å². The summed E-state index contributed by atoms with van der Waals surface area (Å²) < 4.78 is 23.0. The van der Waals surface area contributed by atoms with Gasteiger partial charge in [0, 0.05) is 13.0 Å². The highest BCUT2D eigenvalue weighted by atomic mass is 16.7. The number of aliphatic hydroxyl groups excluding tert-OH is 4. The molecular weight excluding hydrogens is 901 g/mol. The average molecular weight is 1020 g/mol. The molecule has 0 amide bonds. The van der Waals surface area contributed by atoms with E-state index in [1.807, 2.05) is 0 Å². The van der Waals surface area contributed by atoms with Crippen LogP contribution in [0.25, 0.3) is 0 Å². The highest BCUT2D eigenvalue weighted by molar-refractivity contribution is 5.69. The molecule has 1 aliphatic heterocycles. The Hall–Kier alpha value is -1.33. The fraction of sp³-hybridized carbons (Fsp3) is 0.921. The summed E-state index contributed by atoms with van der Waals surface area (Å²) in [6, 6.07) is 0. The average Bonchev–Trinajstić information content (AvgIpc) is 3.38. The lowest BCUT2D eigenvalue weighted by Gasteiger charge is -2.39. The largest absolute Gasteiger partial charge is 0.457 e. The Morgan fingerprint density at radius 3 is 1.19 bits per heavy atom. The Labute approximate surface area is 445 Å². The van der Waals surface area contributed by atoms with Gasteiger partial charge in [-0.25, -0.2) is 0 Å². The molecule has 0 aromatic rings. The van der Waals surface area contributed by atoms with Crippen molar-refractivity contribution in [3.05, 3.63) is 24.3 Å². The Morgan fingerprint density at radius 2 is 0.806 bits per heavy atom. The Morgan fingerprint density at radius 1 is 0.444 bits per heavy atom. The molecule has 1 heterocycles. The van der Waals surface area contributed by atoms with Crippen molar-refractivity contribution in [2.45, 2.75) is 346 Å². The van der Waals surface area contributed by atoms with Crippen molar-refractivity contribution < 1.29 is 44.2 Å². The van der Waals surface area contributed by atoms with Crippen LogP contribution in [0, 0.1) is 0 Å². The number of allylic oxidation sites excluding steroid dienone is 4. The lowest BCUT2D eigenvalue weighted by Crippen LogP contribution is -2.59. The minimum absolute atomic E-state index is 0.108. The van der Waals surface area contributed by atoms with Crippen molar-refractivity contribution in [3.63, 3.8) is 0 Å². The molecule has 72 heavy (non-hydrogen) atoms. The second-order valence-corrected chi connectivity index (χ2v) is 21.9. The van der Waals surface area contributed by atoms with Crippen molar-refractivity contribution in [1.29, 1.82) is 0 Å². The molecule has 0 bridgehead atoms. The molecule has 1 fully saturated rings. The molecule has 0 saturated carbocycles. The lowest BCUT2D eigenvalue weighted by molar-refractivity contribution is -0.305. The van der Waals surface area contributed by atoms with E-state index in [0.717, 1.165) is 38.5 Å². The fourth-order valence-electron chi connectivity index (χ4n) is 10.00. The summed E-state index contributed by atoms with van der Waals surface area (Å²) >= 11 is 0. The van der Waals surface area contributed by atoms with E-state index < -0.39 is 43.4 Å². The first-order valence-corrected chi connectivity index (χ1v) is 31.4. The highest BCUT2D eigenvalue weighted by Crippen LogP contribution is 2.23. The van der Waals surface area contributed by atoms with Crippen LogP contribution < -0.4 is 0 Å². The molecule has 0 aromatic heterocycles. The lowest BCUT2D eigenvalue weighted by atomic mass is 9.99. The minimum atomic E-state index is -1.54. The van der Waals surface area contributed by atoms with E-state index in [9.17, 15) is 25.2 Å². The smallest absolute Gasteiger partial charge is 0.306 e. The molecule has 6 atom stereocenters. The van der Waals surface area contributed by atoms with Crippen LogP contribution in [0.4, 0.5) is 0 Å². The summed E-state index contributed by atoms with van der Waals surface area (Å²) in [4.78, 5) is 12.9. The van der Waals surface area contributed by atoms with Gasteiger partial charge in [-0.1, -0.05) is 282 Å². The highest BCUT2D eigenvalue weighted by Gasteiger charge is 2.44. The first-order valence-electron chi connectivity index (χ1n) is 31.4. The maximum Gasteiger partial charge on any atom is 0.306 e. The van der Waals surface area contributed by atoms with Gasteiger partial charge in [0.05, 0.1) is 19.8 Å². The van der Waals surface area contributed by atoms with Crippen molar-refractivity contribution in [2.75, 3.05) is 26.4 Å². The van der Waals surface area contributed by atoms with Gasteiger partial charge in [0.15, 0.2) is 6.29 Å². The first-order chi connectivity index (χ1) is 35.4. The first kappa shape index (κ1) is 68.7. The van der Waals surface area contributed by atoms with Gasteiger partial charge in [-0.05, 0) is 44.9 Å². The zero-order valence-electron chi connectivity index (χ0n) is 47.5. The fourth-order valence-corrected chi connectivity index (χ4v) is 10.00. The van der Waals surface area contributed by atoms with E-state index in [1.165, 1.54) is 250 Å². The predicted octanol–water partition coefficient (Wildman–Crippen LogP) is 16.8. The molecule has 6 unspecified atom stereocenters. The Bertz CT molecular complexity index is 1160. The maximum absolute atomic E-state index is 12.9. The van der Waals surface area contributed by atoms with Crippen molar-refractivity contribution >= 4 is 5.97 Å². The van der Waals surface area contributed by atoms with Gasteiger partial charge in [-0.3, -0.25) is 4.79 Å². The molecule has 1 rings (SSSR count). The zero-order valence-corrected chi connectivity index (χ0v) is 47.5. The van der Waals surface area contributed by atoms with Crippen LogP contribution in [0.5, 0.6) is 0 Å². The zero-order chi connectivity index (χ0) is 52.1. The van der Waals surface area contributed by atoms with Crippen LogP contribution in [-0.4, -0.2) is 89.6 Å². The standard InChI is InChI=1S/C63H120O9/c1-3-5-7-9-11-13-15-17-19-21-23-25-27-29-30-32-34-36-38-40-42-44-46-48-50-52-59(65)71-57(56-70-63-62(68)61(67)60(66)58(54-64)72-63)55-69-53-51-49-47-45-43-41-39-37-35-33-31-28-26-24-22-20-18-16-14-12-10-8-6-4-2/h15,17,21,23,57-58,60-64,66-68H,3-14,16,18-20,22,24-56H2,1-2H3/b17-15-,23-21-. The van der Waals surface area contributed by atoms with Gasteiger partial charge in [0.1, 0.15) is 30.5 Å². The molecule has 426 valence electrons. The number of esters is 1. The van der Waals surface area contributed by atoms with Crippen LogP contribution in [0.15, 0.2) is 24.3 Å². The summed E-state index contributed by atoms with van der Waals surface area (Å²) in [5.74, 6) is -0.307. The maximum atomic E-state index is 12.9. The van der Waals surface area contributed by atoms with Gasteiger partial charge in [0.25, 0.3) is 0 Å². The number of hydrogen-bond acceptors (Lipinski definition) is 9. The van der Waals surface area contributed by atoms with E-state index in [2.05, 4.69) is 38.2 Å². The van der Waals surface area contributed by atoms with Crippen LogP contribution >= 0.6 is 0 Å². The summed E-state index contributed by atoms with van der Waals surface area (Å²) in [5.41, 5.74) is 0. The van der Waals surface area contributed by atoms with Gasteiger partial charge in [-0.15, -0.1) is 0 Å². The molecular formula is C63H120O9. The SMILES string of the molecule is CCCCCCC/C=C\C/C=C\CCCCCCCCCCCCCCCC(=O)OC(COCCCCCCCCCCCCCCCCCCCCCCCCCC)COC1OC(CO)C(O)C(O)C1O. The second kappa shape index (κ2) is 54.5. The van der Waals surface area contributed by atoms with E-state index in [0.29, 0.717) is 13.0 Å². The van der Waals surface area contributed by atoms with Crippen LogP contribution in [0.3, 0.4) is 0 Å². The molecule has 0 radical (unpaired) electrons. The predicted molar refractivity (Wildman–Crippen MR) is 302 cm³/mol. The normalized spacial score (nSPS) is 18.8. The Balaban J connectivity index is 2.10. The summed E-state index contributed by atoms with van der Waals surface area (Å²) in [6.45, 7) is 4.62. The number of ether oxygens (including phenoxy) is 4. The molecule has 0 aromatic carbocycles. The van der Waals surface area contributed by atoms with Crippen LogP contribution in [0.2, 0.25) is 0 Å². The number of carbonyl (C=O) groups excluding carboxylic acids is 1. The molecule has 0 aliphatic carbocycles. The monoisotopic (exact) mass is 1020 g/mol. The summed E-state index contributed by atoms with van der Waals surface area (Å²) in [5, 5.41) is 40.4. The topological polar surface area (TPSA) is 135 Å². The van der Waals surface area contributed by atoms with Crippen LogP contribution in [0.1, 0.15) is 309 Å². The van der Waals surface area contributed by atoms with Crippen molar-refractivity contribution in [2.24, 2.45) is 0 Å². The summed E-state index contributed by atoms with van der Waals surface area (Å²) in [6.07, 6.45) is 61.0. The number of unbranched alkanes of at least 4 members (excludes halogenated alkanes) is 41. The third-order valence-electron chi connectivity index (χ3n) is 14.9. The number of aliphatic hydroxyl groups is 4. The third kappa shape index (κ3) is 43.9. The molecule has 9 heteroatoms. The number of hydrogen-bond donors (Lipinski definition) is 4. The molecule has 1 aliphatic rings. The van der Waals surface area contributed by atoms with E-state index in [1.54, 1.807) is 0 Å².